The van der Waals surface area contributed by atoms with Crippen LogP contribution >= 0.6 is 11.3 Å². The molecule has 2 aromatic heterocycles. The number of benzene rings is 2. The zero-order valence-electron chi connectivity index (χ0n) is 14.9. The maximum atomic E-state index is 4.51. The zero-order valence-corrected chi connectivity index (χ0v) is 15.7. The van der Waals surface area contributed by atoms with Gasteiger partial charge in [-0.05, 0) is 22.6 Å². The molecule has 2 aromatic carbocycles. The Kier molecular flexibility index (Phi) is 4.32. The smallest absolute Gasteiger partial charge is 0.174 e. The number of fused-ring (bicyclic) bond motifs is 1. The van der Waals surface area contributed by atoms with Crippen molar-refractivity contribution in [3.63, 3.8) is 0 Å². The maximum Gasteiger partial charge on any atom is 0.174 e. The fraction of sp³-hybridized carbons (Fsp3) is 0.182. The fourth-order valence-corrected chi connectivity index (χ4v) is 4.59. The van der Waals surface area contributed by atoms with Crippen LogP contribution in [0.15, 0.2) is 78.2 Å². The molecule has 5 rings (SSSR count). The maximum absolute atomic E-state index is 4.51. The summed E-state index contributed by atoms with van der Waals surface area (Å²) in [5, 5.41) is 11.1. The first-order valence-corrected chi connectivity index (χ1v) is 10.1. The second-order valence-electron chi connectivity index (χ2n) is 6.76. The van der Waals surface area contributed by atoms with Gasteiger partial charge < -0.3 is 4.57 Å². The van der Waals surface area contributed by atoms with Crippen LogP contribution in [0.3, 0.4) is 0 Å². The summed E-state index contributed by atoms with van der Waals surface area (Å²) in [5.41, 5.74) is 2.63. The molecule has 0 bridgehead atoms. The highest BCUT2D eigenvalue weighted by Gasteiger charge is 2.28. The van der Waals surface area contributed by atoms with Crippen LogP contribution in [-0.2, 0) is 13.1 Å². The summed E-state index contributed by atoms with van der Waals surface area (Å²) in [6.07, 6.45) is 0. The summed E-state index contributed by atoms with van der Waals surface area (Å²) >= 11 is 1.72. The summed E-state index contributed by atoms with van der Waals surface area (Å²) in [5.74, 6) is 2.04. The average molecular weight is 372 g/mol. The first kappa shape index (κ1) is 16.4. The normalized spacial score (nSPS) is 14.4. The Morgan fingerprint density at radius 2 is 1.48 bits per heavy atom. The molecule has 4 nitrogen and oxygen atoms in total. The lowest BCUT2D eigenvalue weighted by Crippen LogP contribution is -2.37. The molecular weight excluding hydrogens is 352 g/mol. The van der Waals surface area contributed by atoms with Crippen LogP contribution in [0.1, 0.15) is 23.0 Å². The van der Waals surface area contributed by atoms with Crippen molar-refractivity contribution in [1.29, 1.82) is 0 Å². The number of aromatic nitrogens is 3. The molecule has 0 radical (unpaired) electrons. The van der Waals surface area contributed by atoms with Gasteiger partial charge >= 0.3 is 0 Å². The van der Waals surface area contributed by atoms with E-state index in [0.717, 1.165) is 31.3 Å². The summed E-state index contributed by atoms with van der Waals surface area (Å²) in [4.78, 5) is 3.69. The molecular formula is C22H20N4S. The van der Waals surface area contributed by atoms with Gasteiger partial charge in [-0.3, -0.25) is 4.90 Å². The summed E-state index contributed by atoms with van der Waals surface area (Å²) < 4.78 is 2.27. The molecule has 0 amide bonds. The van der Waals surface area contributed by atoms with Crippen LogP contribution in [0.2, 0.25) is 0 Å². The third kappa shape index (κ3) is 3.09. The van der Waals surface area contributed by atoms with Crippen molar-refractivity contribution in [3.8, 4) is 10.7 Å². The SMILES string of the molecule is c1ccc(C(c2ccccc2)N2CCn3c(nnc3-c3cccs3)C2)cc1. The van der Waals surface area contributed by atoms with Gasteiger partial charge in [0.25, 0.3) is 0 Å². The van der Waals surface area contributed by atoms with Crippen LogP contribution in [0.4, 0.5) is 0 Å². The minimum atomic E-state index is 0.225. The quantitative estimate of drug-likeness (QED) is 0.524. The van der Waals surface area contributed by atoms with E-state index in [0.29, 0.717) is 0 Å². The van der Waals surface area contributed by atoms with Gasteiger partial charge in [0.05, 0.1) is 17.5 Å². The van der Waals surface area contributed by atoms with E-state index in [1.54, 1.807) is 11.3 Å². The first-order chi connectivity index (χ1) is 13.4. The van der Waals surface area contributed by atoms with Crippen molar-refractivity contribution in [2.24, 2.45) is 0 Å². The van der Waals surface area contributed by atoms with Crippen LogP contribution in [0.5, 0.6) is 0 Å². The average Bonchev–Trinajstić information content (AvgIpc) is 3.39. The monoisotopic (exact) mass is 372 g/mol. The molecule has 5 heteroatoms. The molecule has 0 N–H and O–H groups in total. The van der Waals surface area contributed by atoms with E-state index in [-0.39, 0.29) is 6.04 Å². The molecule has 0 saturated carbocycles. The highest BCUT2D eigenvalue weighted by molar-refractivity contribution is 7.13. The van der Waals surface area contributed by atoms with Crippen LogP contribution in [0, 0.1) is 0 Å². The van der Waals surface area contributed by atoms with E-state index in [4.69, 9.17) is 0 Å². The molecule has 134 valence electrons. The van der Waals surface area contributed by atoms with E-state index in [9.17, 15) is 0 Å². The van der Waals surface area contributed by atoms with Gasteiger partial charge in [-0.1, -0.05) is 66.7 Å². The Bertz CT molecular complexity index is 970. The second kappa shape index (κ2) is 7.10. The standard InChI is InChI=1S/C22H20N4S/c1-3-8-17(9-4-1)21(18-10-5-2-6-11-18)25-13-14-26-20(16-25)23-24-22(26)19-12-7-15-27-19/h1-12,15,21H,13-14,16H2. The van der Waals surface area contributed by atoms with E-state index >= 15 is 0 Å². The number of rotatable bonds is 4. The number of hydrogen-bond donors (Lipinski definition) is 0. The predicted molar refractivity (Wildman–Crippen MR) is 108 cm³/mol. The van der Waals surface area contributed by atoms with Crippen LogP contribution < -0.4 is 0 Å². The Morgan fingerprint density at radius 1 is 0.778 bits per heavy atom. The molecule has 0 aliphatic carbocycles. The Hall–Kier alpha value is -2.76. The molecule has 0 spiro atoms. The van der Waals surface area contributed by atoms with E-state index in [2.05, 4.69) is 97.8 Å². The largest absolute Gasteiger partial charge is 0.308 e. The number of nitrogens with zero attached hydrogens (tertiary/aromatic N) is 4. The minimum absolute atomic E-state index is 0.225. The lowest BCUT2D eigenvalue weighted by molar-refractivity contribution is 0.176. The van der Waals surface area contributed by atoms with Crippen molar-refractivity contribution >= 4 is 11.3 Å². The Labute approximate surface area is 162 Å². The Balaban J connectivity index is 1.50. The van der Waals surface area contributed by atoms with E-state index in [1.807, 2.05) is 0 Å². The summed E-state index contributed by atoms with van der Waals surface area (Å²) in [6, 6.07) is 25.9. The van der Waals surface area contributed by atoms with Crippen molar-refractivity contribution < 1.29 is 0 Å². The molecule has 0 saturated heterocycles. The van der Waals surface area contributed by atoms with Gasteiger partial charge in [0.15, 0.2) is 5.82 Å². The highest BCUT2D eigenvalue weighted by Crippen LogP contribution is 2.33. The third-order valence-corrected chi connectivity index (χ3v) is 5.99. The molecule has 0 fully saturated rings. The van der Waals surface area contributed by atoms with E-state index < -0.39 is 0 Å². The highest BCUT2D eigenvalue weighted by atomic mass is 32.1. The molecule has 27 heavy (non-hydrogen) atoms. The third-order valence-electron chi connectivity index (χ3n) is 5.12. The zero-order chi connectivity index (χ0) is 18.1. The van der Waals surface area contributed by atoms with Crippen LogP contribution in [-0.4, -0.2) is 26.2 Å². The Morgan fingerprint density at radius 3 is 2.11 bits per heavy atom. The lowest BCUT2D eigenvalue weighted by Gasteiger charge is -2.35. The van der Waals surface area contributed by atoms with Crippen molar-refractivity contribution in [1.82, 2.24) is 19.7 Å². The molecule has 4 aromatic rings. The van der Waals surface area contributed by atoms with E-state index in [1.165, 1.54) is 16.0 Å². The summed E-state index contributed by atoms with van der Waals surface area (Å²) in [7, 11) is 0. The fourth-order valence-electron chi connectivity index (χ4n) is 3.87. The lowest BCUT2D eigenvalue weighted by atomic mass is 9.96. The van der Waals surface area contributed by atoms with Crippen molar-refractivity contribution in [3.05, 3.63) is 95.1 Å². The number of thiophene rings is 1. The van der Waals surface area contributed by atoms with Gasteiger partial charge in [-0.15, -0.1) is 21.5 Å². The van der Waals surface area contributed by atoms with Gasteiger partial charge in [0, 0.05) is 13.1 Å². The summed E-state index contributed by atoms with van der Waals surface area (Å²) in [6.45, 7) is 2.68. The van der Waals surface area contributed by atoms with Gasteiger partial charge in [0.1, 0.15) is 5.82 Å². The van der Waals surface area contributed by atoms with Crippen LogP contribution in [0.25, 0.3) is 10.7 Å². The molecule has 1 aliphatic rings. The topological polar surface area (TPSA) is 34.0 Å². The van der Waals surface area contributed by atoms with Gasteiger partial charge in [-0.2, -0.15) is 0 Å². The predicted octanol–water partition coefficient (Wildman–Crippen LogP) is 4.61. The van der Waals surface area contributed by atoms with Gasteiger partial charge in [0.2, 0.25) is 0 Å². The second-order valence-corrected chi connectivity index (χ2v) is 7.71. The first-order valence-electron chi connectivity index (χ1n) is 9.20. The minimum Gasteiger partial charge on any atom is -0.308 e. The molecule has 0 unspecified atom stereocenters. The van der Waals surface area contributed by atoms with Crippen molar-refractivity contribution in [2.75, 3.05) is 6.54 Å². The van der Waals surface area contributed by atoms with Crippen molar-refractivity contribution in [2.45, 2.75) is 19.1 Å². The molecule has 0 atom stereocenters. The van der Waals surface area contributed by atoms with Gasteiger partial charge in [-0.25, -0.2) is 0 Å². The number of hydrogen-bond acceptors (Lipinski definition) is 4. The molecule has 1 aliphatic heterocycles. The molecule has 3 heterocycles.